The predicted molar refractivity (Wildman–Crippen MR) is 343 cm³/mol. The van der Waals surface area contributed by atoms with Crippen molar-refractivity contribution >= 4 is 11.9 Å². The molecule has 0 aromatic heterocycles. The highest BCUT2D eigenvalue weighted by molar-refractivity contribution is 5.76. The molecule has 0 radical (unpaired) electrons. The Morgan fingerprint density at radius 1 is 0.346 bits per heavy atom. The molecule has 6 nitrogen and oxygen atoms in total. The maximum Gasteiger partial charge on any atom is 0.305 e. The monoisotopic (exact) mass is 1100 g/mol. The molecular weight excluding hydrogens is 959 g/mol. The number of carbonyl (C=O) groups is 2. The van der Waals surface area contributed by atoms with E-state index in [4.69, 9.17) is 4.74 Å². The van der Waals surface area contributed by atoms with E-state index in [1.165, 1.54) is 315 Å². The smallest absolute Gasteiger partial charge is 0.305 e. The molecule has 0 aliphatic carbocycles. The van der Waals surface area contributed by atoms with E-state index in [0.29, 0.717) is 19.4 Å². The van der Waals surface area contributed by atoms with Crippen molar-refractivity contribution in [2.45, 2.75) is 398 Å². The maximum absolute atomic E-state index is 12.5. The molecular formula is C72H137NO5. The molecule has 0 aromatic rings. The van der Waals surface area contributed by atoms with Crippen LogP contribution < -0.4 is 5.32 Å². The van der Waals surface area contributed by atoms with E-state index in [0.717, 1.165) is 44.9 Å². The van der Waals surface area contributed by atoms with Crippen LogP contribution in [0.25, 0.3) is 0 Å². The van der Waals surface area contributed by atoms with E-state index >= 15 is 0 Å². The van der Waals surface area contributed by atoms with Gasteiger partial charge in [-0.25, -0.2) is 0 Å². The molecule has 1 amide bonds. The van der Waals surface area contributed by atoms with Crippen LogP contribution in [0.2, 0.25) is 0 Å². The van der Waals surface area contributed by atoms with E-state index in [-0.39, 0.29) is 18.5 Å². The van der Waals surface area contributed by atoms with Crippen molar-refractivity contribution < 1.29 is 24.5 Å². The summed E-state index contributed by atoms with van der Waals surface area (Å²) in [6, 6.07) is -0.626. The standard InChI is InChI=1S/C72H137NO5/c1-3-5-7-9-11-13-15-17-19-38-42-46-50-54-58-62-66-72(77)78-67-63-59-55-51-47-43-39-36-34-32-30-28-26-24-22-20-21-23-25-27-29-31-33-35-37-41-45-49-53-57-61-65-71(76)73-69(68-74)70(75)64-60-56-52-48-44-40-18-16-14-12-10-8-6-4-2/h19,22,24,38,60,64,69-70,74-75H,3-18,20-21,23,25-37,39-59,61-63,65-68H2,1-2H3,(H,73,76)/b24-22-,38-19-,64-60+. The average molecular weight is 1100 g/mol. The third-order valence-electron chi connectivity index (χ3n) is 16.4. The zero-order chi connectivity index (χ0) is 56.4. The lowest BCUT2D eigenvalue weighted by Gasteiger charge is -2.20. The molecule has 0 spiro atoms. The summed E-state index contributed by atoms with van der Waals surface area (Å²) in [7, 11) is 0. The second kappa shape index (κ2) is 67.6. The van der Waals surface area contributed by atoms with Gasteiger partial charge in [-0.1, -0.05) is 326 Å². The number of hydrogen-bond donors (Lipinski definition) is 3. The molecule has 2 unspecified atom stereocenters. The van der Waals surface area contributed by atoms with Gasteiger partial charge < -0.3 is 20.3 Å². The van der Waals surface area contributed by atoms with E-state index in [1.54, 1.807) is 6.08 Å². The molecule has 78 heavy (non-hydrogen) atoms. The number of nitrogens with one attached hydrogen (secondary N) is 1. The summed E-state index contributed by atoms with van der Waals surface area (Å²) in [5.74, 6) is -0.0540. The van der Waals surface area contributed by atoms with Crippen LogP contribution in [0.15, 0.2) is 36.5 Å². The maximum atomic E-state index is 12.5. The van der Waals surface area contributed by atoms with Crippen molar-refractivity contribution in [3.05, 3.63) is 36.5 Å². The number of rotatable bonds is 66. The number of amides is 1. The van der Waals surface area contributed by atoms with Gasteiger partial charge in [-0.2, -0.15) is 0 Å². The van der Waals surface area contributed by atoms with Crippen LogP contribution in [0.5, 0.6) is 0 Å². The van der Waals surface area contributed by atoms with E-state index < -0.39 is 12.1 Å². The predicted octanol–water partition coefficient (Wildman–Crippen LogP) is 22.7. The Kier molecular flexibility index (Phi) is 65.9. The summed E-state index contributed by atoms with van der Waals surface area (Å²) < 4.78 is 5.49. The fourth-order valence-corrected chi connectivity index (χ4v) is 11.0. The lowest BCUT2D eigenvalue weighted by atomic mass is 10.0. The molecule has 0 bridgehead atoms. The van der Waals surface area contributed by atoms with Crippen LogP contribution in [0.3, 0.4) is 0 Å². The van der Waals surface area contributed by atoms with Gasteiger partial charge in [-0.3, -0.25) is 9.59 Å². The van der Waals surface area contributed by atoms with Crippen molar-refractivity contribution in [2.24, 2.45) is 0 Å². The molecule has 6 heteroatoms. The molecule has 0 rings (SSSR count). The number of hydrogen-bond acceptors (Lipinski definition) is 5. The van der Waals surface area contributed by atoms with Gasteiger partial charge in [0.1, 0.15) is 0 Å². The summed E-state index contributed by atoms with van der Waals surface area (Å²) in [4.78, 5) is 24.6. The largest absolute Gasteiger partial charge is 0.466 e. The highest BCUT2D eigenvalue weighted by Crippen LogP contribution is 2.18. The van der Waals surface area contributed by atoms with Gasteiger partial charge in [0, 0.05) is 12.8 Å². The highest BCUT2D eigenvalue weighted by Gasteiger charge is 2.18. The Labute approximate surface area is 487 Å². The van der Waals surface area contributed by atoms with Gasteiger partial charge in [0.25, 0.3) is 0 Å². The molecule has 460 valence electrons. The highest BCUT2D eigenvalue weighted by atomic mass is 16.5. The van der Waals surface area contributed by atoms with Gasteiger partial charge >= 0.3 is 5.97 Å². The quantitative estimate of drug-likeness (QED) is 0.0320. The Morgan fingerprint density at radius 2 is 0.603 bits per heavy atom. The Morgan fingerprint density at radius 3 is 0.910 bits per heavy atom. The number of esters is 1. The number of carbonyl (C=O) groups excluding carboxylic acids is 2. The van der Waals surface area contributed by atoms with Crippen molar-refractivity contribution in [1.82, 2.24) is 5.32 Å². The second-order valence-electron chi connectivity index (χ2n) is 24.2. The average Bonchev–Trinajstić information content (AvgIpc) is 3.44. The van der Waals surface area contributed by atoms with E-state index in [9.17, 15) is 19.8 Å². The number of aliphatic hydroxyl groups is 2. The fraction of sp³-hybridized carbons (Fsp3) is 0.889. The first kappa shape index (κ1) is 76.1. The molecule has 3 N–H and O–H groups in total. The lowest BCUT2D eigenvalue weighted by Crippen LogP contribution is -2.45. The van der Waals surface area contributed by atoms with Gasteiger partial charge in [0.15, 0.2) is 0 Å². The Hall–Kier alpha value is -1.92. The molecule has 0 saturated heterocycles. The first-order valence-corrected chi connectivity index (χ1v) is 35.3. The number of unbranched alkanes of at least 4 members (excludes halogenated alkanes) is 51. The van der Waals surface area contributed by atoms with Crippen LogP contribution in [-0.2, 0) is 14.3 Å². The molecule has 0 aliphatic rings. The fourth-order valence-electron chi connectivity index (χ4n) is 11.0. The van der Waals surface area contributed by atoms with Crippen LogP contribution in [0, 0.1) is 0 Å². The molecule has 0 fully saturated rings. The molecule has 0 heterocycles. The topological polar surface area (TPSA) is 95.9 Å². The summed E-state index contributed by atoms with van der Waals surface area (Å²) in [6.07, 6.45) is 86.6. The molecule has 0 saturated carbocycles. The second-order valence-corrected chi connectivity index (χ2v) is 24.2. The Bertz CT molecular complexity index is 1260. The van der Waals surface area contributed by atoms with Crippen LogP contribution in [0.1, 0.15) is 386 Å². The first-order valence-electron chi connectivity index (χ1n) is 35.3. The number of ether oxygens (including phenoxy) is 1. The normalized spacial score (nSPS) is 12.7. The number of aliphatic hydroxyl groups excluding tert-OH is 2. The summed E-state index contributed by atoms with van der Waals surface area (Å²) in [5.41, 5.74) is 0. The minimum Gasteiger partial charge on any atom is -0.466 e. The summed E-state index contributed by atoms with van der Waals surface area (Å²) >= 11 is 0. The van der Waals surface area contributed by atoms with Crippen molar-refractivity contribution in [3.63, 3.8) is 0 Å². The Balaban J connectivity index is 3.36. The van der Waals surface area contributed by atoms with Gasteiger partial charge in [0.05, 0.1) is 25.4 Å². The van der Waals surface area contributed by atoms with Gasteiger partial charge in [0.2, 0.25) is 5.91 Å². The van der Waals surface area contributed by atoms with Gasteiger partial charge in [-0.05, 0) is 83.5 Å². The van der Waals surface area contributed by atoms with Crippen LogP contribution in [-0.4, -0.2) is 47.4 Å². The third kappa shape index (κ3) is 63.3. The van der Waals surface area contributed by atoms with E-state index in [2.05, 4.69) is 43.5 Å². The van der Waals surface area contributed by atoms with Crippen LogP contribution >= 0.6 is 0 Å². The first-order chi connectivity index (χ1) is 38.5. The number of allylic oxidation sites excluding steroid dienone is 5. The minimum absolute atomic E-state index is 0.0103. The zero-order valence-corrected chi connectivity index (χ0v) is 52.7. The molecule has 0 aliphatic heterocycles. The SMILES string of the molecule is CCCCCCCCC/C=C\CCCCCCCC(=O)OCCCCCCCCCCCCCC/C=C\CCCCCCCCCCCCCCCCCC(=O)NC(CO)C(O)/C=C/CCCCCCCCCCCCCC. The van der Waals surface area contributed by atoms with Crippen molar-refractivity contribution in [1.29, 1.82) is 0 Å². The van der Waals surface area contributed by atoms with Gasteiger partial charge in [-0.15, -0.1) is 0 Å². The van der Waals surface area contributed by atoms with E-state index in [1.807, 2.05) is 6.08 Å². The molecule has 0 aromatic carbocycles. The lowest BCUT2D eigenvalue weighted by molar-refractivity contribution is -0.143. The summed E-state index contributed by atoms with van der Waals surface area (Å²) in [5, 5.41) is 23.1. The summed E-state index contributed by atoms with van der Waals surface area (Å²) in [6.45, 7) is 4.92. The molecule has 2 atom stereocenters. The third-order valence-corrected chi connectivity index (χ3v) is 16.4. The van der Waals surface area contributed by atoms with Crippen molar-refractivity contribution in [3.8, 4) is 0 Å². The van der Waals surface area contributed by atoms with Crippen LogP contribution in [0.4, 0.5) is 0 Å². The zero-order valence-electron chi connectivity index (χ0n) is 52.7. The van der Waals surface area contributed by atoms with Crippen molar-refractivity contribution in [2.75, 3.05) is 13.2 Å². The minimum atomic E-state index is -0.843.